The average Bonchev–Trinajstić information content (AvgIpc) is 2.84. The van der Waals surface area contributed by atoms with E-state index in [9.17, 15) is 5.11 Å². The van der Waals surface area contributed by atoms with E-state index in [-0.39, 0.29) is 5.72 Å². The van der Waals surface area contributed by atoms with Gasteiger partial charge in [-0.25, -0.2) is 0 Å². The van der Waals surface area contributed by atoms with E-state index in [0.717, 1.165) is 40.3 Å². The van der Waals surface area contributed by atoms with E-state index in [4.69, 9.17) is 9.26 Å². The predicted molar refractivity (Wildman–Crippen MR) is 86.2 cm³/mol. The van der Waals surface area contributed by atoms with E-state index >= 15 is 0 Å². The molecule has 1 saturated carbocycles. The summed E-state index contributed by atoms with van der Waals surface area (Å²) in [6, 6.07) is 6.40. The molecule has 2 heterocycles. The van der Waals surface area contributed by atoms with E-state index in [2.05, 4.69) is 10.5 Å². The van der Waals surface area contributed by atoms with Crippen LogP contribution in [0.4, 0.5) is 0 Å². The second-order valence-corrected chi connectivity index (χ2v) is 6.75. The number of aliphatic hydroxyl groups excluding tert-OH is 1. The molecule has 2 fully saturated rings. The van der Waals surface area contributed by atoms with Gasteiger partial charge in [-0.1, -0.05) is 5.16 Å². The number of fused-ring (bicyclic) bond motifs is 1. The van der Waals surface area contributed by atoms with Gasteiger partial charge in [0, 0.05) is 12.0 Å². The maximum Gasteiger partial charge on any atom is 0.176 e. The van der Waals surface area contributed by atoms with Crippen LogP contribution in [0, 0.1) is 13.8 Å². The monoisotopic (exact) mass is 314 g/mol. The van der Waals surface area contributed by atoms with Crippen LogP contribution in [0.15, 0.2) is 22.7 Å². The number of rotatable bonds is 4. The Kier molecular flexibility index (Phi) is 3.25. The van der Waals surface area contributed by atoms with Crippen LogP contribution < -0.4 is 10.1 Å². The Balaban J connectivity index is 1.74. The van der Waals surface area contributed by atoms with Crippen molar-refractivity contribution in [2.24, 2.45) is 0 Å². The molecular weight excluding hydrogens is 292 g/mol. The molecule has 0 bridgehead atoms. The Morgan fingerprint density at radius 2 is 2.22 bits per heavy atom. The normalized spacial score (nSPS) is 26.9. The standard InChI is InChI=1S/C18H22N2O3/c1-10-17(12(3)23-20-10)14-7-13(11(2)21)8-15(9-14)22-18-6-4-5-16(18)19-18/h7-9,11,16,19,21H,4-6H2,1-3H3. The van der Waals surface area contributed by atoms with Crippen LogP contribution in [-0.4, -0.2) is 22.0 Å². The smallest absolute Gasteiger partial charge is 0.176 e. The fourth-order valence-corrected chi connectivity index (χ4v) is 3.70. The predicted octanol–water partition coefficient (Wildman–Crippen LogP) is 3.24. The van der Waals surface area contributed by atoms with E-state index in [1.807, 2.05) is 32.0 Å². The van der Waals surface area contributed by atoms with Crippen molar-refractivity contribution in [3.05, 3.63) is 35.2 Å². The summed E-state index contributed by atoms with van der Waals surface area (Å²) in [6.07, 6.45) is 2.86. The second-order valence-electron chi connectivity index (χ2n) is 6.75. The lowest BCUT2D eigenvalue weighted by molar-refractivity contribution is 0.166. The lowest BCUT2D eigenvalue weighted by Gasteiger charge is -2.17. The molecule has 2 N–H and O–H groups in total. The second kappa shape index (κ2) is 5.08. The Labute approximate surface area is 135 Å². The molecule has 4 rings (SSSR count). The average molecular weight is 314 g/mol. The summed E-state index contributed by atoms with van der Waals surface area (Å²) in [5, 5.41) is 17.5. The van der Waals surface area contributed by atoms with Crippen LogP contribution in [0.1, 0.15) is 49.3 Å². The van der Waals surface area contributed by atoms with Crippen LogP contribution in [0.5, 0.6) is 5.75 Å². The van der Waals surface area contributed by atoms with Crippen LogP contribution in [0.25, 0.3) is 11.1 Å². The van der Waals surface area contributed by atoms with Crippen molar-refractivity contribution >= 4 is 0 Å². The van der Waals surface area contributed by atoms with Crippen molar-refractivity contribution in [1.29, 1.82) is 0 Å². The number of piperidine rings is 1. The first-order valence-corrected chi connectivity index (χ1v) is 8.21. The zero-order valence-electron chi connectivity index (χ0n) is 13.7. The van der Waals surface area contributed by atoms with Gasteiger partial charge in [0.1, 0.15) is 11.5 Å². The van der Waals surface area contributed by atoms with Crippen molar-refractivity contribution in [2.45, 2.75) is 57.9 Å². The summed E-state index contributed by atoms with van der Waals surface area (Å²) in [6.45, 7) is 5.59. The van der Waals surface area contributed by atoms with Crippen LogP contribution in [0.3, 0.4) is 0 Å². The van der Waals surface area contributed by atoms with E-state index < -0.39 is 6.10 Å². The highest BCUT2D eigenvalue weighted by Crippen LogP contribution is 2.44. The molecule has 0 spiro atoms. The molecule has 23 heavy (non-hydrogen) atoms. The fourth-order valence-electron chi connectivity index (χ4n) is 3.70. The van der Waals surface area contributed by atoms with E-state index in [1.54, 1.807) is 6.92 Å². The molecule has 5 nitrogen and oxygen atoms in total. The summed E-state index contributed by atoms with van der Waals surface area (Å²) < 4.78 is 11.6. The Bertz CT molecular complexity index is 733. The molecule has 2 aromatic rings. The molecular formula is C18H22N2O3. The maximum absolute atomic E-state index is 10.0. The quantitative estimate of drug-likeness (QED) is 0.847. The fraction of sp³-hybridized carbons (Fsp3) is 0.500. The Morgan fingerprint density at radius 3 is 2.78 bits per heavy atom. The molecule has 3 unspecified atom stereocenters. The van der Waals surface area contributed by atoms with E-state index in [1.165, 1.54) is 12.8 Å². The maximum atomic E-state index is 10.0. The third-order valence-electron chi connectivity index (χ3n) is 4.97. The molecule has 1 aliphatic carbocycles. The number of aromatic nitrogens is 1. The number of ether oxygens (including phenoxy) is 1. The first kappa shape index (κ1) is 14.7. The summed E-state index contributed by atoms with van der Waals surface area (Å²) >= 11 is 0. The number of nitrogens with one attached hydrogen (secondary N) is 1. The zero-order chi connectivity index (χ0) is 16.2. The largest absolute Gasteiger partial charge is 0.471 e. The summed E-state index contributed by atoms with van der Waals surface area (Å²) in [5.41, 5.74) is 3.44. The third-order valence-corrected chi connectivity index (χ3v) is 4.97. The van der Waals surface area contributed by atoms with Gasteiger partial charge in [-0.3, -0.25) is 5.32 Å². The number of aliphatic hydroxyl groups is 1. The van der Waals surface area contributed by atoms with Gasteiger partial charge in [-0.05, 0) is 62.9 Å². The van der Waals surface area contributed by atoms with Crippen molar-refractivity contribution in [1.82, 2.24) is 10.5 Å². The van der Waals surface area contributed by atoms with Gasteiger partial charge in [0.15, 0.2) is 5.72 Å². The molecule has 1 aromatic heterocycles. The lowest BCUT2D eigenvalue weighted by Crippen LogP contribution is -2.22. The first-order valence-electron chi connectivity index (χ1n) is 8.21. The Hall–Kier alpha value is -1.85. The topological polar surface area (TPSA) is 77.4 Å². The van der Waals surface area contributed by atoms with Crippen molar-refractivity contribution in [2.75, 3.05) is 0 Å². The minimum Gasteiger partial charge on any atom is -0.471 e. The van der Waals surface area contributed by atoms with Gasteiger partial charge in [0.2, 0.25) is 0 Å². The Morgan fingerprint density at radius 1 is 1.39 bits per heavy atom. The molecule has 0 radical (unpaired) electrons. The SMILES string of the molecule is Cc1noc(C)c1-c1cc(OC23CCCC2N3)cc(C(C)O)c1. The zero-order valence-corrected chi connectivity index (χ0v) is 13.7. The van der Waals surface area contributed by atoms with Gasteiger partial charge < -0.3 is 14.4 Å². The number of benzene rings is 1. The van der Waals surface area contributed by atoms with Gasteiger partial charge >= 0.3 is 0 Å². The van der Waals surface area contributed by atoms with Crippen LogP contribution >= 0.6 is 0 Å². The summed E-state index contributed by atoms with van der Waals surface area (Å²) in [5.74, 6) is 1.56. The van der Waals surface area contributed by atoms with Gasteiger partial charge in [-0.2, -0.15) is 0 Å². The minimum atomic E-state index is -0.554. The molecule has 1 saturated heterocycles. The lowest BCUT2D eigenvalue weighted by atomic mass is 9.99. The van der Waals surface area contributed by atoms with Gasteiger partial charge in [-0.15, -0.1) is 0 Å². The molecule has 1 aromatic carbocycles. The van der Waals surface area contributed by atoms with Crippen molar-refractivity contribution in [3.63, 3.8) is 0 Å². The van der Waals surface area contributed by atoms with Crippen LogP contribution in [-0.2, 0) is 0 Å². The number of hydrogen-bond donors (Lipinski definition) is 2. The minimum absolute atomic E-state index is 0.187. The highest BCUT2D eigenvalue weighted by molar-refractivity contribution is 5.70. The van der Waals surface area contributed by atoms with Gasteiger partial charge in [0.25, 0.3) is 0 Å². The number of aryl methyl sites for hydroxylation is 2. The number of nitrogens with zero attached hydrogens (tertiary/aromatic N) is 1. The highest BCUT2D eigenvalue weighted by Gasteiger charge is 2.59. The molecule has 122 valence electrons. The van der Waals surface area contributed by atoms with Crippen LogP contribution in [0.2, 0.25) is 0 Å². The summed E-state index contributed by atoms with van der Waals surface area (Å²) in [4.78, 5) is 0. The van der Waals surface area contributed by atoms with Crippen molar-refractivity contribution in [3.8, 4) is 16.9 Å². The molecule has 5 heteroatoms. The highest BCUT2D eigenvalue weighted by atomic mass is 16.5. The molecule has 2 aliphatic rings. The third kappa shape index (κ3) is 2.44. The van der Waals surface area contributed by atoms with Gasteiger partial charge in [0.05, 0.1) is 17.8 Å². The number of hydrogen-bond acceptors (Lipinski definition) is 5. The van der Waals surface area contributed by atoms with Crippen molar-refractivity contribution < 1.29 is 14.4 Å². The van der Waals surface area contributed by atoms with E-state index in [0.29, 0.717) is 6.04 Å². The molecule has 0 amide bonds. The molecule has 1 aliphatic heterocycles. The summed E-state index contributed by atoms with van der Waals surface area (Å²) in [7, 11) is 0. The molecule has 3 atom stereocenters. The first-order chi connectivity index (χ1) is 11.0.